The van der Waals surface area contributed by atoms with E-state index in [2.05, 4.69) is 10.6 Å². The van der Waals surface area contributed by atoms with E-state index in [1.54, 1.807) is 50.6 Å². The van der Waals surface area contributed by atoms with Gasteiger partial charge in [-0.1, -0.05) is 46.9 Å². The van der Waals surface area contributed by atoms with Crippen LogP contribution in [0, 0.1) is 0 Å². The molecule has 0 atom stereocenters. The number of benzene rings is 3. The molecule has 1 aliphatic rings. The van der Waals surface area contributed by atoms with Crippen molar-refractivity contribution in [3.63, 3.8) is 0 Å². The number of imide groups is 1. The highest BCUT2D eigenvalue weighted by atomic mass is 35.5. The maximum Gasteiger partial charge on any atom is 0.283 e. The van der Waals surface area contributed by atoms with Gasteiger partial charge >= 0.3 is 0 Å². The molecule has 0 spiro atoms. The molecule has 0 unspecified atom stereocenters. The van der Waals surface area contributed by atoms with Gasteiger partial charge in [0.15, 0.2) is 11.5 Å². The minimum Gasteiger partial charge on any atom is -0.493 e. The largest absolute Gasteiger partial charge is 0.493 e. The number of hydrogen-bond donors (Lipinski definition) is 2. The van der Waals surface area contributed by atoms with Crippen LogP contribution >= 0.6 is 34.8 Å². The van der Waals surface area contributed by atoms with E-state index in [9.17, 15) is 14.4 Å². The van der Waals surface area contributed by atoms with Gasteiger partial charge in [0.05, 0.1) is 30.0 Å². The molecule has 0 fully saturated rings. The number of ether oxygens (including phenoxy) is 2. The number of methoxy groups -OCH3 is 2. The molecule has 3 amide bonds. The fourth-order valence-corrected chi connectivity index (χ4v) is 4.40. The number of carbonyl (C=O) groups excluding carboxylic acids is 3. The van der Waals surface area contributed by atoms with Crippen LogP contribution < -0.4 is 25.0 Å². The molecule has 8 nitrogen and oxygen atoms in total. The Bertz CT molecular complexity index is 1440. The fourth-order valence-electron chi connectivity index (χ4n) is 3.80. The number of amides is 3. The van der Waals surface area contributed by atoms with E-state index in [1.165, 1.54) is 6.07 Å². The van der Waals surface area contributed by atoms with E-state index in [1.807, 2.05) is 18.2 Å². The number of carbonyl (C=O) groups is 3. The van der Waals surface area contributed by atoms with E-state index in [-0.39, 0.29) is 32.4 Å². The van der Waals surface area contributed by atoms with Gasteiger partial charge in [-0.25, -0.2) is 4.90 Å². The highest BCUT2D eigenvalue weighted by Crippen LogP contribution is 2.37. The van der Waals surface area contributed by atoms with Crippen molar-refractivity contribution in [1.82, 2.24) is 5.32 Å². The van der Waals surface area contributed by atoms with Gasteiger partial charge in [-0.15, -0.1) is 0 Å². The molecule has 3 aromatic carbocycles. The summed E-state index contributed by atoms with van der Waals surface area (Å²) in [5, 5.41) is 5.69. The summed E-state index contributed by atoms with van der Waals surface area (Å²) in [7, 11) is 3.14. The lowest BCUT2D eigenvalue weighted by Gasteiger charge is -2.17. The van der Waals surface area contributed by atoms with Crippen molar-refractivity contribution in [2.75, 3.05) is 31.0 Å². The maximum absolute atomic E-state index is 13.0. The summed E-state index contributed by atoms with van der Waals surface area (Å²) in [6.07, 6.45) is 0.599. The van der Waals surface area contributed by atoms with Crippen LogP contribution in [-0.2, 0) is 16.0 Å². The van der Waals surface area contributed by atoms with Gasteiger partial charge < -0.3 is 20.1 Å². The lowest BCUT2D eigenvalue weighted by molar-refractivity contribution is -0.120. The lowest BCUT2D eigenvalue weighted by atomic mass is 10.1. The Labute approximate surface area is 234 Å². The SMILES string of the molecule is COc1ccc(CCNC(=O)c2ccc(NC3=C(Cl)C(=O)N(c4cccc(Cl)c4Cl)C3=O)cc2)cc1OC. The number of anilines is 2. The van der Waals surface area contributed by atoms with Crippen molar-refractivity contribution in [3.05, 3.63) is 92.6 Å². The van der Waals surface area contributed by atoms with Gasteiger partial charge in [-0.2, -0.15) is 0 Å². The molecule has 0 saturated carbocycles. The predicted octanol–water partition coefficient (Wildman–Crippen LogP) is 5.42. The lowest BCUT2D eigenvalue weighted by Crippen LogP contribution is -2.32. The molecule has 0 aliphatic carbocycles. The molecule has 0 bridgehead atoms. The average molecular weight is 575 g/mol. The number of nitrogens with one attached hydrogen (secondary N) is 2. The van der Waals surface area contributed by atoms with Crippen LogP contribution in [0.25, 0.3) is 0 Å². The molecule has 2 N–H and O–H groups in total. The quantitative estimate of drug-likeness (QED) is 0.331. The predicted molar refractivity (Wildman–Crippen MR) is 147 cm³/mol. The van der Waals surface area contributed by atoms with E-state index in [4.69, 9.17) is 44.3 Å². The van der Waals surface area contributed by atoms with Gasteiger partial charge in [-0.3, -0.25) is 14.4 Å². The third-order valence-electron chi connectivity index (χ3n) is 5.76. The Morgan fingerprint density at radius 3 is 2.29 bits per heavy atom. The van der Waals surface area contributed by atoms with Gasteiger partial charge in [0.1, 0.15) is 10.7 Å². The minimum atomic E-state index is -0.728. The van der Waals surface area contributed by atoms with E-state index < -0.39 is 11.8 Å². The monoisotopic (exact) mass is 573 g/mol. The zero-order valence-corrected chi connectivity index (χ0v) is 22.6. The van der Waals surface area contributed by atoms with Gasteiger partial charge in [0, 0.05) is 17.8 Å². The van der Waals surface area contributed by atoms with Crippen molar-refractivity contribution in [2.45, 2.75) is 6.42 Å². The van der Waals surface area contributed by atoms with Crippen LogP contribution in [0.3, 0.4) is 0 Å². The van der Waals surface area contributed by atoms with Crippen molar-refractivity contribution in [2.24, 2.45) is 0 Å². The summed E-state index contributed by atoms with van der Waals surface area (Å²) in [5.41, 5.74) is 1.88. The van der Waals surface area contributed by atoms with Gasteiger partial charge in [-0.05, 0) is 60.5 Å². The number of halogens is 3. The van der Waals surface area contributed by atoms with Crippen LogP contribution in [0.5, 0.6) is 11.5 Å². The van der Waals surface area contributed by atoms with Crippen LogP contribution in [0.1, 0.15) is 15.9 Å². The average Bonchev–Trinajstić information content (AvgIpc) is 3.13. The molecule has 196 valence electrons. The molecule has 1 aliphatic heterocycles. The number of rotatable bonds is 9. The zero-order valence-electron chi connectivity index (χ0n) is 20.3. The highest BCUT2D eigenvalue weighted by molar-refractivity contribution is 6.54. The number of nitrogens with zero attached hydrogens (tertiary/aromatic N) is 1. The summed E-state index contributed by atoms with van der Waals surface area (Å²) >= 11 is 18.4. The topological polar surface area (TPSA) is 97.0 Å². The Morgan fingerprint density at radius 2 is 1.61 bits per heavy atom. The molecule has 4 rings (SSSR count). The second-order valence-electron chi connectivity index (χ2n) is 8.11. The van der Waals surface area contributed by atoms with E-state index in [0.29, 0.717) is 35.7 Å². The molecule has 38 heavy (non-hydrogen) atoms. The second kappa shape index (κ2) is 11.8. The fraction of sp³-hybridized carbons (Fsp3) is 0.148. The first-order chi connectivity index (χ1) is 18.2. The molecular formula is C27H22Cl3N3O5. The summed E-state index contributed by atoms with van der Waals surface area (Å²) in [4.78, 5) is 39.1. The van der Waals surface area contributed by atoms with E-state index in [0.717, 1.165) is 10.5 Å². The molecule has 1 heterocycles. The Balaban J connectivity index is 1.38. The molecule has 0 saturated heterocycles. The van der Waals surface area contributed by atoms with Crippen molar-refractivity contribution < 1.29 is 23.9 Å². The van der Waals surface area contributed by atoms with Crippen LogP contribution in [-0.4, -0.2) is 38.5 Å². The first-order valence-electron chi connectivity index (χ1n) is 11.3. The standard InChI is InChI=1S/C27H22Cl3N3O5/c1-37-20-11-6-15(14-21(20)38-2)12-13-31-25(34)16-7-9-17(10-8-16)32-24-23(30)26(35)33(27(24)36)19-5-3-4-18(28)22(19)29/h3-11,14,32H,12-13H2,1-2H3,(H,31,34). The minimum absolute atomic E-state index is 0.0584. The van der Waals surface area contributed by atoms with Gasteiger partial charge in [0.2, 0.25) is 0 Å². The van der Waals surface area contributed by atoms with Gasteiger partial charge in [0.25, 0.3) is 17.7 Å². The van der Waals surface area contributed by atoms with Crippen LogP contribution in [0.2, 0.25) is 10.0 Å². The molecular weight excluding hydrogens is 553 g/mol. The van der Waals surface area contributed by atoms with Crippen molar-refractivity contribution in [3.8, 4) is 11.5 Å². The summed E-state index contributed by atoms with van der Waals surface area (Å²) in [5.74, 6) is -0.412. The highest BCUT2D eigenvalue weighted by Gasteiger charge is 2.40. The number of hydrogen-bond acceptors (Lipinski definition) is 6. The molecule has 11 heteroatoms. The van der Waals surface area contributed by atoms with Crippen LogP contribution in [0.4, 0.5) is 11.4 Å². The third kappa shape index (κ3) is 5.57. The molecule has 0 radical (unpaired) electrons. The first-order valence-corrected chi connectivity index (χ1v) is 12.5. The Morgan fingerprint density at radius 1 is 0.895 bits per heavy atom. The molecule has 0 aromatic heterocycles. The third-order valence-corrected chi connectivity index (χ3v) is 6.92. The maximum atomic E-state index is 13.0. The second-order valence-corrected chi connectivity index (χ2v) is 9.27. The first kappa shape index (κ1) is 27.3. The summed E-state index contributed by atoms with van der Waals surface area (Å²) in [6, 6.07) is 16.6. The van der Waals surface area contributed by atoms with Crippen molar-refractivity contribution in [1.29, 1.82) is 0 Å². The molecule has 3 aromatic rings. The normalized spacial score (nSPS) is 13.1. The summed E-state index contributed by atoms with van der Waals surface area (Å²) in [6.45, 7) is 0.412. The van der Waals surface area contributed by atoms with Crippen molar-refractivity contribution >= 4 is 63.9 Å². The van der Waals surface area contributed by atoms with E-state index >= 15 is 0 Å². The van der Waals surface area contributed by atoms with Crippen LogP contribution in [0.15, 0.2) is 71.4 Å². The summed E-state index contributed by atoms with van der Waals surface area (Å²) < 4.78 is 10.5. The zero-order chi connectivity index (χ0) is 27.4. The Hall–Kier alpha value is -3.72. The smallest absolute Gasteiger partial charge is 0.283 e. The Kier molecular flexibility index (Phi) is 8.46.